The van der Waals surface area contributed by atoms with E-state index in [9.17, 15) is 4.79 Å². The summed E-state index contributed by atoms with van der Waals surface area (Å²) < 4.78 is 7.11. The number of pyridine rings is 1. The van der Waals surface area contributed by atoms with Crippen molar-refractivity contribution >= 4 is 16.7 Å². The zero-order valence-corrected chi connectivity index (χ0v) is 14.0. The molecule has 0 aliphatic carbocycles. The van der Waals surface area contributed by atoms with Gasteiger partial charge in [-0.2, -0.15) is 5.10 Å². The van der Waals surface area contributed by atoms with E-state index in [1.807, 2.05) is 19.9 Å². The lowest BCUT2D eigenvalue weighted by molar-refractivity contribution is 0.182. The van der Waals surface area contributed by atoms with Gasteiger partial charge in [0, 0.05) is 17.6 Å². The summed E-state index contributed by atoms with van der Waals surface area (Å²) in [6.07, 6.45) is 3.42. The van der Waals surface area contributed by atoms with Crippen LogP contribution in [0.5, 0.6) is 0 Å². The number of aromatic nitrogens is 5. The van der Waals surface area contributed by atoms with Gasteiger partial charge >= 0.3 is 0 Å². The molecule has 1 N–H and O–H groups in total. The van der Waals surface area contributed by atoms with Crippen molar-refractivity contribution in [2.45, 2.75) is 25.9 Å². The Morgan fingerprint density at radius 2 is 2.08 bits per heavy atom. The SMILES string of the molecule is Cc1ccc(=O)n(C2COCC2Nc2nc(C)nc3cnccc23)n1. The summed E-state index contributed by atoms with van der Waals surface area (Å²) in [6, 6.07) is 4.81. The zero-order chi connectivity index (χ0) is 17.4. The molecule has 3 aromatic heterocycles. The molecule has 2 atom stereocenters. The van der Waals surface area contributed by atoms with Crippen LogP contribution < -0.4 is 10.9 Å². The smallest absolute Gasteiger partial charge is 0.267 e. The number of ether oxygens (including phenoxy) is 1. The molecule has 2 unspecified atom stereocenters. The molecule has 0 radical (unpaired) electrons. The van der Waals surface area contributed by atoms with E-state index in [1.165, 1.54) is 10.7 Å². The third kappa shape index (κ3) is 2.96. The van der Waals surface area contributed by atoms with Crippen LogP contribution in [0.1, 0.15) is 17.6 Å². The van der Waals surface area contributed by atoms with Crippen molar-refractivity contribution in [1.82, 2.24) is 24.7 Å². The normalized spacial score (nSPS) is 20.1. The summed E-state index contributed by atoms with van der Waals surface area (Å²) in [5, 5.41) is 8.67. The van der Waals surface area contributed by atoms with Crippen molar-refractivity contribution in [3.63, 3.8) is 0 Å². The Labute approximate surface area is 143 Å². The van der Waals surface area contributed by atoms with Gasteiger partial charge < -0.3 is 10.1 Å². The quantitative estimate of drug-likeness (QED) is 0.768. The molecule has 4 heterocycles. The van der Waals surface area contributed by atoms with Gasteiger partial charge in [-0.05, 0) is 26.0 Å². The molecule has 8 heteroatoms. The van der Waals surface area contributed by atoms with E-state index >= 15 is 0 Å². The second-order valence-electron chi connectivity index (χ2n) is 6.13. The summed E-state index contributed by atoms with van der Waals surface area (Å²) in [6.45, 7) is 4.61. The van der Waals surface area contributed by atoms with Gasteiger partial charge in [-0.3, -0.25) is 9.78 Å². The highest BCUT2D eigenvalue weighted by molar-refractivity contribution is 5.88. The number of nitrogens with one attached hydrogen (secondary N) is 1. The van der Waals surface area contributed by atoms with Gasteiger partial charge in [-0.15, -0.1) is 0 Å². The fourth-order valence-corrected chi connectivity index (χ4v) is 3.06. The molecule has 4 rings (SSSR count). The Morgan fingerprint density at radius 1 is 1.20 bits per heavy atom. The van der Waals surface area contributed by atoms with E-state index in [1.54, 1.807) is 18.5 Å². The van der Waals surface area contributed by atoms with Gasteiger partial charge in [0.15, 0.2) is 0 Å². The lowest BCUT2D eigenvalue weighted by atomic mass is 10.1. The third-order valence-corrected chi connectivity index (χ3v) is 4.26. The number of anilines is 1. The highest BCUT2D eigenvalue weighted by atomic mass is 16.5. The molecule has 0 spiro atoms. The topological polar surface area (TPSA) is 94.8 Å². The maximum Gasteiger partial charge on any atom is 0.267 e. The van der Waals surface area contributed by atoms with Crippen LogP contribution in [0, 0.1) is 13.8 Å². The Balaban J connectivity index is 1.71. The average Bonchev–Trinajstić information content (AvgIpc) is 3.05. The first kappa shape index (κ1) is 15.6. The summed E-state index contributed by atoms with van der Waals surface area (Å²) in [5.41, 5.74) is 1.43. The number of fused-ring (bicyclic) bond motifs is 1. The number of aryl methyl sites for hydroxylation is 2. The minimum atomic E-state index is -0.195. The van der Waals surface area contributed by atoms with E-state index < -0.39 is 0 Å². The van der Waals surface area contributed by atoms with E-state index in [0.29, 0.717) is 24.9 Å². The van der Waals surface area contributed by atoms with Crippen LogP contribution in [0.25, 0.3) is 10.9 Å². The second-order valence-corrected chi connectivity index (χ2v) is 6.13. The molecule has 0 aromatic carbocycles. The Hall–Kier alpha value is -2.87. The molecule has 1 saturated heterocycles. The lowest BCUT2D eigenvalue weighted by Gasteiger charge is -2.21. The van der Waals surface area contributed by atoms with Crippen LogP contribution >= 0.6 is 0 Å². The minimum Gasteiger partial charge on any atom is -0.377 e. The van der Waals surface area contributed by atoms with Crippen molar-refractivity contribution in [2.24, 2.45) is 0 Å². The fourth-order valence-electron chi connectivity index (χ4n) is 3.06. The first-order valence-electron chi connectivity index (χ1n) is 8.11. The van der Waals surface area contributed by atoms with Crippen molar-refractivity contribution in [3.8, 4) is 0 Å². The summed E-state index contributed by atoms with van der Waals surface area (Å²) >= 11 is 0. The Morgan fingerprint density at radius 3 is 2.96 bits per heavy atom. The van der Waals surface area contributed by atoms with Crippen molar-refractivity contribution in [2.75, 3.05) is 18.5 Å². The van der Waals surface area contributed by atoms with Crippen LogP contribution in [0.4, 0.5) is 5.82 Å². The number of rotatable bonds is 3. The molecule has 128 valence electrons. The lowest BCUT2D eigenvalue weighted by Crippen LogP contribution is -2.37. The number of hydrogen-bond donors (Lipinski definition) is 1. The van der Waals surface area contributed by atoms with Crippen molar-refractivity contribution in [1.29, 1.82) is 0 Å². The van der Waals surface area contributed by atoms with Gasteiger partial charge in [0.05, 0.1) is 36.7 Å². The fraction of sp³-hybridized carbons (Fsp3) is 0.353. The van der Waals surface area contributed by atoms with E-state index in [2.05, 4.69) is 25.4 Å². The summed E-state index contributed by atoms with van der Waals surface area (Å²) in [7, 11) is 0. The van der Waals surface area contributed by atoms with Crippen LogP contribution in [0.2, 0.25) is 0 Å². The largest absolute Gasteiger partial charge is 0.377 e. The van der Waals surface area contributed by atoms with Gasteiger partial charge in [-0.25, -0.2) is 14.6 Å². The van der Waals surface area contributed by atoms with E-state index in [0.717, 1.165) is 16.6 Å². The molecule has 0 amide bonds. The van der Waals surface area contributed by atoms with Crippen LogP contribution in [0.3, 0.4) is 0 Å². The monoisotopic (exact) mass is 338 g/mol. The third-order valence-electron chi connectivity index (χ3n) is 4.26. The van der Waals surface area contributed by atoms with Crippen molar-refractivity contribution in [3.05, 3.63) is 52.5 Å². The first-order chi connectivity index (χ1) is 12.1. The van der Waals surface area contributed by atoms with Gasteiger partial charge in [0.1, 0.15) is 17.7 Å². The number of hydrogen-bond acceptors (Lipinski definition) is 7. The molecule has 1 aliphatic rings. The molecule has 1 aliphatic heterocycles. The molecular formula is C17H18N6O2. The Kier molecular flexibility index (Phi) is 3.89. The van der Waals surface area contributed by atoms with Gasteiger partial charge in [0.25, 0.3) is 5.56 Å². The predicted molar refractivity (Wildman–Crippen MR) is 92.6 cm³/mol. The average molecular weight is 338 g/mol. The summed E-state index contributed by atoms with van der Waals surface area (Å²) in [5.74, 6) is 1.37. The second kappa shape index (κ2) is 6.21. The zero-order valence-electron chi connectivity index (χ0n) is 14.0. The minimum absolute atomic E-state index is 0.113. The van der Waals surface area contributed by atoms with Crippen molar-refractivity contribution < 1.29 is 4.74 Å². The predicted octanol–water partition coefficient (Wildman–Crippen LogP) is 1.25. The molecule has 0 saturated carbocycles. The summed E-state index contributed by atoms with van der Waals surface area (Å²) in [4.78, 5) is 25.2. The molecule has 1 fully saturated rings. The highest BCUT2D eigenvalue weighted by Crippen LogP contribution is 2.25. The van der Waals surface area contributed by atoms with Crippen LogP contribution in [-0.2, 0) is 4.74 Å². The molecule has 3 aromatic rings. The molecule has 25 heavy (non-hydrogen) atoms. The van der Waals surface area contributed by atoms with Crippen LogP contribution in [0.15, 0.2) is 35.4 Å². The van der Waals surface area contributed by atoms with Crippen LogP contribution in [-0.4, -0.2) is 44.0 Å². The Bertz CT molecular complexity index is 986. The molecular weight excluding hydrogens is 320 g/mol. The van der Waals surface area contributed by atoms with E-state index in [-0.39, 0.29) is 17.6 Å². The maximum atomic E-state index is 12.2. The molecule has 8 nitrogen and oxygen atoms in total. The number of nitrogens with zero attached hydrogens (tertiary/aromatic N) is 5. The first-order valence-corrected chi connectivity index (χ1v) is 8.11. The van der Waals surface area contributed by atoms with Gasteiger partial charge in [-0.1, -0.05) is 0 Å². The molecule has 0 bridgehead atoms. The highest BCUT2D eigenvalue weighted by Gasteiger charge is 2.32. The van der Waals surface area contributed by atoms with E-state index in [4.69, 9.17) is 4.74 Å². The standard InChI is InChI=1S/C17H18N6O2/c1-10-3-4-16(24)23(22-10)15-9-25-8-14(15)21-17-12-5-6-18-7-13(12)19-11(2)20-17/h3-7,14-15H,8-9H2,1-2H3,(H,19,20,21). The van der Waals surface area contributed by atoms with Gasteiger partial charge in [0.2, 0.25) is 0 Å². The maximum absolute atomic E-state index is 12.2.